The van der Waals surface area contributed by atoms with Crippen LogP contribution in [0.2, 0.25) is 0 Å². The van der Waals surface area contributed by atoms with Gasteiger partial charge in [-0.2, -0.15) is 5.10 Å². The van der Waals surface area contributed by atoms with Gasteiger partial charge in [0, 0.05) is 6.42 Å². The van der Waals surface area contributed by atoms with Crippen LogP contribution in [0.5, 0.6) is 0 Å². The van der Waals surface area contributed by atoms with Gasteiger partial charge in [-0.05, 0) is 32.1 Å². The molecule has 0 aliphatic heterocycles. The highest BCUT2D eigenvalue weighted by atomic mass is 15.2. The molecule has 1 atom stereocenters. The van der Waals surface area contributed by atoms with Crippen LogP contribution in [0.15, 0.2) is 0 Å². The summed E-state index contributed by atoms with van der Waals surface area (Å²) in [4.78, 5) is 4.44. The molecule has 1 unspecified atom stereocenters. The number of nitrogens with one attached hydrogen (secondary N) is 1. The summed E-state index contributed by atoms with van der Waals surface area (Å²) in [6.07, 6.45) is 4.46. The topological polar surface area (TPSA) is 67.6 Å². The van der Waals surface area contributed by atoms with Crippen LogP contribution in [0.25, 0.3) is 0 Å². The van der Waals surface area contributed by atoms with Crippen LogP contribution >= 0.6 is 0 Å². The number of H-pyrrole nitrogens is 1. The molecule has 0 spiro atoms. The molecule has 0 radical (unpaired) electrons. The van der Waals surface area contributed by atoms with Crippen molar-refractivity contribution in [3.05, 3.63) is 11.6 Å². The number of hydrogen-bond donors (Lipinski definition) is 2. The number of aryl methyl sites for hydroxylation is 1. The van der Waals surface area contributed by atoms with Crippen molar-refractivity contribution in [3.63, 3.8) is 0 Å². The third-order valence-electron chi connectivity index (χ3n) is 2.93. The molecule has 2 rings (SSSR count). The maximum atomic E-state index is 6.21. The number of nitrogens with two attached hydrogens (primary N) is 1. The number of aromatic nitrogens is 3. The molecule has 3 N–H and O–H groups in total. The fraction of sp³-hybridized carbons (Fsp3) is 0.800. The number of hydrogen-bond acceptors (Lipinski definition) is 3. The Labute approximate surface area is 84.3 Å². The van der Waals surface area contributed by atoms with E-state index in [1.54, 1.807) is 0 Å². The zero-order chi connectivity index (χ0) is 10.2. The van der Waals surface area contributed by atoms with Crippen LogP contribution in [0, 0.1) is 5.92 Å². The van der Waals surface area contributed by atoms with E-state index in [0.29, 0.717) is 5.92 Å². The maximum absolute atomic E-state index is 6.21. The summed E-state index contributed by atoms with van der Waals surface area (Å²) in [5.41, 5.74) is 5.88. The summed E-state index contributed by atoms with van der Waals surface area (Å²) in [6.45, 7) is 4.16. The molecule has 1 aromatic rings. The molecular formula is C10H18N4. The van der Waals surface area contributed by atoms with Crippen molar-refractivity contribution in [1.82, 2.24) is 15.2 Å². The van der Waals surface area contributed by atoms with E-state index < -0.39 is 0 Å². The second-order valence-corrected chi connectivity index (χ2v) is 4.41. The van der Waals surface area contributed by atoms with Gasteiger partial charge in [0.25, 0.3) is 0 Å². The van der Waals surface area contributed by atoms with Gasteiger partial charge >= 0.3 is 0 Å². The van der Waals surface area contributed by atoms with Crippen molar-refractivity contribution in [2.45, 2.75) is 45.1 Å². The number of nitrogens with zero attached hydrogens (tertiary/aromatic N) is 2. The van der Waals surface area contributed by atoms with Crippen molar-refractivity contribution in [3.8, 4) is 0 Å². The predicted molar refractivity (Wildman–Crippen MR) is 54.6 cm³/mol. The second-order valence-electron chi connectivity index (χ2n) is 4.41. The van der Waals surface area contributed by atoms with Gasteiger partial charge in [-0.3, -0.25) is 5.10 Å². The van der Waals surface area contributed by atoms with Crippen LogP contribution in [-0.4, -0.2) is 15.2 Å². The van der Waals surface area contributed by atoms with Crippen LogP contribution in [0.1, 0.15) is 44.8 Å². The molecule has 1 aliphatic carbocycles. The predicted octanol–water partition coefficient (Wildman–Crippen LogP) is 1.34. The molecule has 1 heterocycles. The zero-order valence-corrected chi connectivity index (χ0v) is 8.88. The Bertz CT molecular complexity index is 312. The lowest BCUT2D eigenvalue weighted by Gasteiger charge is -2.19. The minimum absolute atomic E-state index is 0.331. The monoisotopic (exact) mass is 194 g/mol. The Morgan fingerprint density at radius 2 is 2.29 bits per heavy atom. The summed E-state index contributed by atoms with van der Waals surface area (Å²) in [5.74, 6) is 2.32. The number of rotatable bonds is 4. The van der Waals surface area contributed by atoms with E-state index in [-0.39, 0.29) is 5.54 Å². The smallest absolute Gasteiger partial charge is 0.170 e. The van der Waals surface area contributed by atoms with Gasteiger partial charge in [0.15, 0.2) is 5.82 Å². The van der Waals surface area contributed by atoms with Crippen LogP contribution in [0.4, 0.5) is 0 Å². The first-order valence-corrected chi connectivity index (χ1v) is 5.35. The first-order valence-electron chi connectivity index (χ1n) is 5.35. The fourth-order valence-electron chi connectivity index (χ4n) is 1.75. The van der Waals surface area contributed by atoms with Crippen LogP contribution < -0.4 is 5.73 Å². The highest BCUT2D eigenvalue weighted by Gasteiger charge is 2.42. The normalized spacial score (nSPS) is 20.8. The molecule has 0 saturated heterocycles. The maximum Gasteiger partial charge on any atom is 0.170 e. The summed E-state index contributed by atoms with van der Waals surface area (Å²) in [5, 5.41) is 7.16. The highest BCUT2D eigenvalue weighted by molar-refractivity contribution is 5.09. The molecule has 0 amide bonds. The Morgan fingerprint density at radius 3 is 2.86 bits per heavy atom. The zero-order valence-electron chi connectivity index (χ0n) is 8.88. The average molecular weight is 194 g/mol. The fourth-order valence-corrected chi connectivity index (χ4v) is 1.75. The molecule has 14 heavy (non-hydrogen) atoms. The molecule has 1 saturated carbocycles. The summed E-state index contributed by atoms with van der Waals surface area (Å²) < 4.78 is 0. The molecule has 0 aromatic carbocycles. The molecule has 4 nitrogen and oxygen atoms in total. The van der Waals surface area contributed by atoms with Gasteiger partial charge in [0.05, 0.1) is 5.54 Å². The van der Waals surface area contributed by atoms with Crippen molar-refractivity contribution in [2.24, 2.45) is 11.7 Å². The van der Waals surface area contributed by atoms with E-state index in [2.05, 4.69) is 22.1 Å². The molecule has 1 aromatic heterocycles. The van der Waals surface area contributed by atoms with E-state index in [0.717, 1.165) is 24.5 Å². The minimum atomic E-state index is -0.331. The third kappa shape index (κ3) is 1.66. The number of aromatic amines is 1. The van der Waals surface area contributed by atoms with Gasteiger partial charge < -0.3 is 5.73 Å². The quantitative estimate of drug-likeness (QED) is 0.760. The molecule has 1 fully saturated rings. The van der Waals surface area contributed by atoms with E-state index in [1.165, 1.54) is 12.8 Å². The van der Waals surface area contributed by atoms with E-state index in [9.17, 15) is 0 Å². The summed E-state index contributed by atoms with van der Waals surface area (Å²) in [7, 11) is 0. The van der Waals surface area contributed by atoms with E-state index >= 15 is 0 Å². The first-order chi connectivity index (χ1) is 6.64. The minimum Gasteiger partial charge on any atom is -0.319 e. The Balaban J connectivity index is 2.14. The molecule has 78 valence electrons. The summed E-state index contributed by atoms with van der Waals surface area (Å²) in [6, 6.07) is 0. The Kier molecular flexibility index (Phi) is 2.31. The lowest BCUT2D eigenvalue weighted by molar-refractivity contribution is 0.401. The third-order valence-corrected chi connectivity index (χ3v) is 2.93. The standard InChI is InChI=1S/C10H18N4/c1-3-4-8-12-9(14-13-8)10(2,11)7-5-6-7/h7H,3-6,11H2,1-2H3,(H,12,13,14). The second kappa shape index (κ2) is 3.35. The SMILES string of the molecule is CCCc1nc(C(C)(N)C2CC2)n[nH]1. The average Bonchev–Trinajstić information content (AvgIpc) is 2.89. The van der Waals surface area contributed by atoms with Gasteiger partial charge in [0.2, 0.25) is 0 Å². The van der Waals surface area contributed by atoms with Crippen molar-refractivity contribution < 1.29 is 0 Å². The van der Waals surface area contributed by atoms with Crippen LogP contribution in [0.3, 0.4) is 0 Å². The van der Waals surface area contributed by atoms with Crippen molar-refractivity contribution >= 4 is 0 Å². The Morgan fingerprint density at radius 1 is 1.57 bits per heavy atom. The summed E-state index contributed by atoms with van der Waals surface area (Å²) >= 11 is 0. The lowest BCUT2D eigenvalue weighted by atomic mass is 9.97. The van der Waals surface area contributed by atoms with Gasteiger partial charge in [-0.25, -0.2) is 4.98 Å². The first kappa shape index (κ1) is 9.65. The molecule has 4 heteroatoms. The lowest BCUT2D eigenvalue weighted by Crippen LogP contribution is -2.36. The van der Waals surface area contributed by atoms with Gasteiger partial charge in [0.1, 0.15) is 5.82 Å². The molecule has 0 bridgehead atoms. The Hall–Kier alpha value is -0.900. The van der Waals surface area contributed by atoms with E-state index in [4.69, 9.17) is 5.73 Å². The van der Waals surface area contributed by atoms with E-state index in [1.807, 2.05) is 6.92 Å². The highest BCUT2D eigenvalue weighted by Crippen LogP contribution is 2.42. The van der Waals surface area contributed by atoms with Crippen molar-refractivity contribution in [1.29, 1.82) is 0 Å². The molecule has 1 aliphatic rings. The largest absolute Gasteiger partial charge is 0.319 e. The molecular weight excluding hydrogens is 176 g/mol. The van der Waals surface area contributed by atoms with Crippen LogP contribution in [-0.2, 0) is 12.0 Å². The van der Waals surface area contributed by atoms with Gasteiger partial charge in [-0.15, -0.1) is 0 Å². The van der Waals surface area contributed by atoms with Gasteiger partial charge in [-0.1, -0.05) is 6.92 Å². The van der Waals surface area contributed by atoms with Crippen molar-refractivity contribution in [2.75, 3.05) is 0 Å².